The number of aryl methyl sites for hydroxylation is 2. The van der Waals surface area contributed by atoms with Crippen molar-refractivity contribution < 1.29 is 19.4 Å². The number of nitrogens with one attached hydrogen (secondary N) is 2. The van der Waals surface area contributed by atoms with Crippen LogP contribution < -0.4 is 25.7 Å². The summed E-state index contributed by atoms with van der Waals surface area (Å²) in [5.41, 5.74) is 2.58. The third-order valence-corrected chi connectivity index (χ3v) is 7.09. The minimum absolute atomic E-state index is 0.135. The van der Waals surface area contributed by atoms with Crippen molar-refractivity contribution in [2.75, 3.05) is 38.0 Å². The molecule has 0 aliphatic rings. The van der Waals surface area contributed by atoms with Gasteiger partial charge in [-0.1, -0.05) is 30.3 Å². The first-order valence-corrected chi connectivity index (χ1v) is 13.6. The van der Waals surface area contributed by atoms with Crippen molar-refractivity contribution in [1.29, 1.82) is 0 Å². The second-order valence-corrected chi connectivity index (χ2v) is 10.8. The van der Waals surface area contributed by atoms with Gasteiger partial charge >= 0.3 is 0 Å². The second-order valence-electron chi connectivity index (χ2n) is 10.4. The number of hydrogen-bond acceptors (Lipinski definition) is 9. The van der Waals surface area contributed by atoms with Gasteiger partial charge in [0.25, 0.3) is 5.56 Å². The lowest BCUT2D eigenvalue weighted by atomic mass is 10.0. The molecule has 0 saturated heterocycles. The van der Waals surface area contributed by atoms with E-state index in [4.69, 9.17) is 21.1 Å². The molecule has 0 radical (unpaired) electrons. The molecule has 0 atom stereocenters. The summed E-state index contributed by atoms with van der Waals surface area (Å²) in [7, 11) is 3.03. The van der Waals surface area contributed by atoms with Crippen molar-refractivity contribution in [2.45, 2.75) is 32.4 Å². The zero-order valence-electron chi connectivity index (χ0n) is 24.0. The van der Waals surface area contributed by atoms with Crippen LogP contribution >= 0.6 is 11.6 Å². The topological polar surface area (TPSA) is 128 Å². The minimum Gasteiger partial charge on any atom is -0.497 e. The van der Waals surface area contributed by atoms with Crippen LogP contribution in [0.4, 0.5) is 11.6 Å². The highest BCUT2D eigenvalue weighted by Gasteiger charge is 2.21. The van der Waals surface area contributed by atoms with E-state index in [0.717, 1.165) is 17.5 Å². The van der Waals surface area contributed by atoms with E-state index < -0.39 is 5.54 Å². The maximum absolute atomic E-state index is 14.1. The first-order valence-electron chi connectivity index (χ1n) is 13.3. The molecule has 0 saturated carbocycles. The van der Waals surface area contributed by atoms with Gasteiger partial charge in [-0.3, -0.25) is 14.2 Å². The molecule has 2 heterocycles. The molecule has 0 unspecified atom stereocenters. The number of carbonyl (C=O) groups excluding carboxylic acids is 1. The lowest BCUT2D eigenvalue weighted by Gasteiger charge is -2.23. The van der Waals surface area contributed by atoms with Crippen molar-refractivity contribution >= 4 is 40.6 Å². The third kappa shape index (κ3) is 6.89. The molecule has 2 aromatic carbocycles. The Morgan fingerprint density at radius 2 is 1.88 bits per heavy atom. The quantitative estimate of drug-likeness (QED) is 0.149. The molecule has 0 bridgehead atoms. The lowest BCUT2D eigenvalue weighted by Crippen LogP contribution is -2.36. The average Bonchev–Trinajstić information content (AvgIpc) is 2.99. The van der Waals surface area contributed by atoms with Gasteiger partial charge in [0.2, 0.25) is 5.95 Å². The number of pyridine rings is 1. The molecule has 2 aromatic heterocycles. The van der Waals surface area contributed by atoms with E-state index in [1.807, 2.05) is 38.1 Å². The van der Waals surface area contributed by atoms with E-state index in [0.29, 0.717) is 58.7 Å². The molecule has 0 spiro atoms. The largest absolute Gasteiger partial charge is 0.497 e. The summed E-state index contributed by atoms with van der Waals surface area (Å²) < 4.78 is 12.5. The molecule has 42 heavy (non-hydrogen) atoms. The molecule has 0 fully saturated rings. The summed E-state index contributed by atoms with van der Waals surface area (Å²) in [5.74, 6) is 1.16. The maximum atomic E-state index is 14.1. The summed E-state index contributed by atoms with van der Waals surface area (Å²) in [6.45, 7) is 7.86. The zero-order chi connectivity index (χ0) is 30.4. The Kier molecular flexibility index (Phi) is 9.49. The first-order chi connectivity index (χ1) is 20.1. The van der Waals surface area contributed by atoms with Crippen LogP contribution in [0.2, 0.25) is 5.02 Å². The number of ether oxygens (including phenoxy) is 2. The molecule has 4 rings (SSSR count). The number of methoxy groups -OCH3 is 2. The van der Waals surface area contributed by atoms with Gasteiger partial charge in [0.15, 0.2) is 0 Å². The SMILES string of the molecule is C=C(C=O)CNc1ccc(CCn2c(=O)c(-c3cc(OC)cc(OC)c3Cl)cc3cnc(NC(C)(C)CO)nc32)cc1. The van der Waals surface area contributed by atoms with E-state index in [1.165, 1.54) is 14.2 Å². The molecule has 4 aromatic rings. The molecule has 0 aliphatic carbocycles. The number of hydrogen-bond donors (Lipinski definition) is 3. The first kappa shape index (κ1) is 30.5. The monoisotopic (exact) mass is 591 g/mol. The van der Waals surface area contributed by atoms with E-state index in [1.54, 1.807) is 29.0 Å². The number of rotatable bonds is 13. The fourth-order valence-corrected chi connectivity index (χ4v) is 4.57. The van der Waals surface area contributed by atoms with Crippen molar-refractivity contribution in [3.63, 3.8) is 0 Å². The van der Waals surface area contributed by atoms with Crippen molar-refractivity contribution in [1.82, 2.24) is 14.5 Å². The smallest absolute Gasteiger partial charge is 0.260 e. The van der Waals surface area contributed by atoms with Crippen molar-refractivity contribution in [3.8, 4) is 22.6 Å². The number of aliphatic hydroxyl groups excluding tert-OH is 1. The highest BCUT2D eigenvalue weighted by molar-refractivity contribution is 6.35. The van der Waals surface area contributed by atoms with E-state index >= 15 is 0 Å². The molecular weight excluding hydrogens is 558 g/mol. The summed E-state index contributed by atoms with van der Waals surface area (Å²) in [6, 6.07) is 12.8. The highest BCUT2D eigenvalue weighted by Crippen LogP contribution is 2.38. The Hall–Kier alpha value is -4.41. The fraction of sp³-hybridized carbons (Fsp3) is 0.290. The van der Waals surface area contributed by atoms with E-state index in [9.17, 15) is 14.7 Å². The molecule has 0 aliphatic heterocycles. The predicted molar refractivity (Wildman–Crippen MR) is 166 cm³/mol. The van der Waals surface area contributed by atoms with Crippen LogP contribution in [-0.2, 0) is 17.8 Å². The molecular formula is C31H34ClN5O5. The van der Waals surface area contributed by atoms with Crippen LogP contribution in [0.3, 0.4) is 0 Å². The zero-order valence-corrected chi connectivity index (χ0v) is 24.8. The van der Waals surface area contributed by atoms with Gasteiger partial charge in [-0.05, 0) is 50.1 Å². The molecule has 11 heteroatoms. The third-order valence-electron chi connectivity index (χ3n) is 6.70. The number of benzene rings is 2. The van der Waals surface area contributed by atoms with Crippen LogP contribution in [0.1, 0.15) is 19.4 Å². The molecule has 220 valence electrons. The highest BCUT2D eigenvalue weighted by atomic mass is 35.5. The van der Waals surface area contributed by atoms with Crippen molar-refractivity contribution in [3.05, 3.63) is 81.8 Å². The number of aliphatic hydroxyl groups is 1. The summed E-state index contributed by atoms with van der Waals surface area (Å²) in [6.07, 6.45) is 2.89. The summed E-state index contributed by atoms with van der Waals surface area (Å²) in [5, 5.41) is 16.9. The Bertz CT molecular complexity index is 1670. The maximum Gasteiger partial charge on any atom is 0.260 e. The van der Waals surface area contributed by atoms with Crippen LogP contribution in [0, 0.1) is 0 Å². The van der Waals surface area contributed by atoms with Gasteiger partial charge in [0.1, 0.15) is 23.4 Å². The Balaban J connectivity index is 1.78. The number of aldehydes is 1. The number of fused-ring (bicyclic) bond motifs is 1. The van der Waals surface area contributed by atoms with Crippen molar-refractivity contribution in [2.24, 2.45) is 0 Å². The number of aromatic nitrogens is 3. The average molecular weight is 592 g/mol. The van der Waals surface area contributed by atoms with Gasteiger partial charge < -0.3 is 25.2 Å². The van der Waals surface area contributed by atoms with Crippen LogP contribution in [-0.4, -0.2) is 58.8 Å². The Morgan fingerprint density at radius 3 is 2.52 bits per heavy atom. The lowest BCUT2D eigenvalue weighted by molar-refractivity contribution is -0.104. The normalized spacial score (nSPS) is 11.3. The van der Waals surface area contributed by atoms with Gasteiger partial charge in [-0.15, -0.1) is 0 Å². The van der Waals surface area contributed by atoms with Crippen LogP contribution in [0.25, 0.3) is 22.2 Å². The number of halogens is 1. The van der Waals surface area contributed by atoms with E-state index in [2.05, 4.69) is 27.2 Å². The summed E-state index contributed by atoms with van der Waals surface area (Å²) in [4.78, 5) is 34.0. The van der Waals surface area contributed by atoms with Gasteiger partial charge in [0.05, 0.1) is 31.4 Å². The van der Waals surface area contributed by atoms with Crippen LogP contribution in [0.15, 0.2) is 65.6 Å². The van der Waals surface area contributed by atoms with Gasteiger partial charge in [-0.2, -0.15) is 4.98 Å². The predicted octanol–water partition coefficient (Wildman–Crippen LogP) is 4.72. The van der Waals surface area contributed by atoms with E-state index in [-0.39, 0.29) is 23.1 Å². The molecule has 3 N–H and O–H groups in total. The molecule has 10 nitrogen and oxygen atoms in total. The fourth-order valence-electron chi connectivity index (χ4n) is 4.28. The van der Waals surface area contributed by atoms with Gasteiger partial charge in [-0.25, -0.2) is 4.98 Å². The minimum atomic E-state index is -0.669. The molecule has 0 amide bonds. The number of carbonyl (C=O) groups is 1. The van der Waals surface area contributed by atoms with Gasteiger partial charge in [0, 0.05) is 53.1 Å². The standard InChI is InChI=1S/C31H34ClN5O5/c1-19(17-38)15-33-22-8-6-20(7-9-22)10-11-37-28-21(16-34-30(35-28)36-31(2,3)18-39)12-25(29(37)40)24-13-23(41-4)14-26(42-5)27(24)32/h6-9,12-14,16-17,33,39H,1,10-11,15,18H2,2-5H3,(H,34,35,36). The second kappa shape index (κ2) is 13.1. The number of nitrogens with zero attached hydrogens (tertiary/aromatic N) is 3. The Labute approximate surface area is 249 Å². The summed E-state index contributed by atoms with van der Waals surface area (Å²) >= 11 is 6.68. The Morgan fingerprint density at radius 1 is 1.14 bits per heavy atom. The van der Waals surface area contributed by atoms with Crippen LogP contribution in [0.5, 0.6) is 11.5 Å². The number of anilines is 2.